The van der Waals surface area contributed by atoms with Gasteiger partial charge >= 0.3 is 5.97 Å². The molecule has 2 atom stereocenters. The smallest absolute Gasteiger partial charge is 0.329 e. The van der Waals surface area contributed by atoms with Crippen LogP contribution in [0.2, 0.25) is 0 Å². The summed E-state index contributed by atoms with van der Waals surface area (Å²) >= 11 is 0. The molecular formula is C21H22N2O4. The Labute approximate surface area is 157 Å². The summed E-state index contributed by atoms with van der Waals surface area (Å²) < 4.78 is 4.98. The first-order valence-corrected chi connectivity index (χ1v) is 8.87. The normalized spacial score (nSPS) is 17.3. The molecule has 0 radical (unpaired) electrons. The number of nitrogens with one attached hydrogen (secondary N) is 2. The molecule has 0 unspecified atom stereocenters. The maximum absolute atomic E-state index is 12.7. The highest BCUT2D eigenvalue weighted by molar-refractivity contribution is 5.93. The van der Waals surface area contributed by atoms with Crippen molar-refractivity contribution < 1.29 is 19.1 Å². The lowest BCUT2D eigenvalue weighted by atomic mass is 9.84. The number of ether oxygens (including phenoxy) is 1. The van der Waals surface area contributed by atoms with Crippen LogP contribution in [-0.4, -0.2) is 37.0 Å². The zero-order valence-electron chi connectivity index (χ0n) is 15.1. The van der Waals surface area contributed by atoms with Crippen LogP contribution in [0.3, 0.4) is 0 Å². The highest BCUT2D eigenvalue weighted by Crippen LogP contribution is 2.29. The van der Waals surface area contributed by atoms with Crippen molar-refractivity contribution in [3.8, 4) is 0 Å². The molecule has 1 saturated heterocycles. The van der Waals surface area contributed by atoms with Gasteiger partial charge in [-0.05, 0) is 17.5 Å². The van der Waals surface area contributed by atoms with E-state index in [1.165, 1.54) is 7.11 Å². The number of esters is 1. The molecule has 1 aliphatic rings. The molecule has 1 fully saturated rings. The van der Waals surface area contributed by atoms with Crippen LogP contribution in [0.25, 0.3) is 0 Å². The van der Waals surface area contributed by atoms with Gasteiger partial charge in [0.1, 0.15) is 12.1 Å². The molecular weight excluding hydrogens is 344 g/mol. The molecule has 3 rings (SSSR count). The van der Waals surface area contributed by atoms with Crippen LogP contribution >= 0.6 is 0 Å². The van der Waals surface area contributed by atoms with Gasteiger partial charge in [-0.15, -0.1) is 0 Å². The van der Waals surface area contributed by atoms with Crippen molar-refractivity contribution >= 4 is 17.8 Å². The number of hydrogen-bond acceptors (Lipinski definition) is 4. The van der Waals surface area contributed by atoms with E-state index in [1.54, 1.807) is 0 Å². The average molecular weight is 366 g/mol. The van der Waals surface area contributed by atoms with Crippen LogP contribution in [0, 0.1) is 0 Å². The zero-order valence-corrected chi connectivity index (χ0v) is 15.1. The first-order chi connectivity index (χ1) is 13.1. The summed E-state index contributed by atoms with van der Waals surface area (Å²) in [7, 11) is 1.30. The molecule has 1 aliphatic heterocycles. The fourth-order valence-corrected chi connectivity index (χ4v) is 3.37. The number of hydrogen-bond donors (Lipinski definition) is 2. The van der Waals surface area contributed by atoms with Crippen molar-refractivity contribution in [3.63, 3.8) is 0 Å². The Morgan fingerprint density at radius 2 is 1.59 bits per heavy atom. The second-order valence-corrected chi connectivity index (χ2v) is 6.47. The molecule has 2 amide bonds. The number of carbonyl (C=O) groups excluding carboxylic acids is 3. The molecule has 0 bridgehead atoms. The third-order valence-electron chi connectivity index (χ3n) is 4.72. The maximum atomic E-state index is 12.7. The van der Waals surface area contributed by atoms with E-state index < -0.39 is 24.0 Å². The summed E-state index contributed by atoms with van der Waals surface area (Å²) in [5, 5.41) is 5.43. The number of methoxy groups -OCH3 is 1. The third kappa shape index (κ3) is 4.34. The molecule has 0 aliphatic carbocycles. The van der Waals surface area contributed by atoms with Crippen molar-refractivity contribution in [1.29, 1.82) is 0 Å². The standard InChI is InChI=1S/C21H22N2O4/c1-27-21(26)19(23-20(25)16-12-13-17(24)22-16)18(14-8-4-2-5-9-14)15-10-6-3-7-11-15/h2-11,16,18-19H,12-13H2,1H3,(H,22,24)(H,23,25)/t16-,19+/m0/s1. The van der Waals surface area contributed by atoms with Crippen molar-refractivity contribution in [3.05, 3.63) is 71.8 Å². The van der Waals surface area contributed by atoms with Crippen molar-refractivity contribution in [1.82, 2.24) is 10.6 Å². The van der Waals surface area contributed by atoms with Gasteiger partial charge in [0.15, 0.2) is 0 Å². The van der Waals surface area contributed by atoms with Crippen molar-refractivity contribution in [2.24, 2.45) is 0 Å². The minimum atomic E-state index is -0.912. The van der Waals surface area contributed by atoms with Crippen LogP contribution in [0.15, 0.2) is 60.7 Å². The monoisotopic (exact) mass is 366 g/mol. The second kappa shape index (κ2) is 8.49. The van der Waals surface area contributed by atoms with Crippen molar-refractivity contribution in [2.75, 3.05) is 7.11 Å². The molecule has 2 aromatic rings. The van der Waals surface area contributed by atoms with Crippen LogP contribution < -0.4 is 10.6 Å². The third-order valence-corrected chi connectivity index (χ3v) is 4.72. The highest BCUT2D eigenvalue weighted by Gasteiger charge is 2.36. The summed E-state index contributed by atoms with van der Waals surface area (Å²) in [4.78, 5) is 36.7. The van der Waals surface area contributed by atoms with E-state index in [0.717, 1.165) is 11.1 Å². The number of benzene rings is 2. The van der Waals surface area contributed by atoms with E-state index in [0.29, 0.717) is 12.8 Å². The first-order valence-electron chi connectivity index (χ1n) is 8.87. The largest absolute Gasteiger partial charge is 0.467 e. The van der Waals surface area contributed by atoms with E-state index in [4.69, 9.17) is 4.74 Å². The molecule has 2 N–H and O–H groups in total. The molecule has 0 saturated carbocycles. The van der Waals surface area contributed by atoms with Crippen LogP contribution in [0.5, 0.6) is 0 Å². The Morgan fingerprint density at radius 1 is 1.04 bits per heavy atom. The Morgan fingerprint density at radius 3 is 2.04 bits per heavy atom. The first kappa shape index (κ1) is 18.6. The van der Waals surface area contributed by atoms with Gasteiger partial charge in [-0.1, -0.05) is 60.7 Å². The van der Waals surface area contributed by atoms with Gasteiger partial charge in [-0.25, -0.2) is 4.79 Å². The molecule has 1 heterocycles. The topological polar surface area (TPSA) is 84.5 Å². The highest BCUT2D eigenvalue weighted by atomic mass is 16.5. The average Bonchev–Trinajstić information content (AvgIpc) is 3.15. The summed E-state index contributed by atoms with van der Waals surface area (Å²) in [5.74, 6) is -1.49. The molecule has 27 heavy (non-hydrogen) atoms. The summed E-state index contributed by atoms with van der Waals surface area (Å²) in [5.41, 5.74) is 1.77. The minimum absolute atomic E-state index is 0.160. The molecule has 0 spiro atoms. The Kier molecular flexibility index (Phi) is 5.86. The van der Waals surface area contributed by atoms with E-state index >= 15 is 0 Å². The fourth-order valence-electron chi connectivity index (χ4n) is 3.37. The molecule has 6 nitrogen and oxygen atoms in total. The summed E-state index contributed by atoms with van der Waals surface area (Å²) in [6, 6.07) is 17.5. The maximum Gasteiger partial charge on any atom is 0.329 e. The van der Waals surface area contributed by atoms with Gasteiger partial charge in [-0.2, -0.15) is 0 Å². The Balaban J connectivity index is 1.95. The Hall–Kier alpha value is -3.15. The van der Waals surface area contributed by atoms with E-state index in [9.17, 15) is 14.4 Å². The second-order valence-electron chi connectivity index (χ2n) is 6.47. The molecule has 140 valence electrons. The van der Waals surface area contributed by atoms with E-state index in [1.807, 2.05) is 60.7 Å². The van der Waals surface area contributed by atoms with Crippen LogP contribution in [0.1, 0.15) is 29.9 Å². The van der Waals surface area contributed by atoms with E-state index in [2.05, 4.69) is 10.6 Å². The Bertz CT molecular complexity index is 768. The molecule has 2 aromatic carbocycles. The lowest BCUT2D eigenvalue weighted by Crippen LogP contribution is -2.51. The fraction of sp³-hybridized carbons (Fsp3) is 0.286. The van der Waals surface area contributed by atoms with Gasteiger partial charge in [0.25, 0.3) is 0 Å². The predicted molar refractivity (Wildman–Crippen MR) is 99.8 cm³/mol. The van der Waals surface area contributed by atoms with Gasteiger partial charge in [0.2, 0.25) is 11.8 Å². The quantitative estimate of drug-likeness (QED) is 0.763. The van der Waals surface area contributed by atoms with Gasteiger partial charge in [0.05, 0.1) is 7.11 Å². The van der Waals surface area contributed by atoms with Crippen molar-refractivity contribution in [2.45, 2.75) is 30.8 Å². The minimum Gasteiger partial charge on any atom is -0.467 e. The molecule has 6 heteroatoms. The lowest BCUT2D eigenvalue weighted by Gasteiger charge is -2.28. The number of amides is 2. The summed E-state index contributed by atoms with van der Waals surface area (Å²) in [6.07, 6.45) is 0.724. The van der Waals surface area contributed by atoms with Crippen LogP contribution in [0.4, 0.5) is 0 Å². The number of carbonyl (C=O) groups is 3. The summed E-state index contributed by atoms with van der Waals surface area (Å²) in [6.45, 7) is 0. The number of rotatable bonds is 6. The van der Waals surface area contributed by atoms with Crippen LogP contribution in [-0.2, 0) is 19.1 Å². The SMILES string of the molecule is COC(=O)[C@H](NC(=O)[C@@H]1CCC(=O)N1)C(c1ccccc1)c1ccccc1. The predicted octanol–water partition coefficient (Wildman–Crippen LogP) is 1.75. The lowest BCUT2D eigenvalue weighted by molar-refractivity contribution is -0.145. The van der Waals surface area contributed by atoms with E-state index in [-0.39, 0.29) is 11.8 Å². The zero-order chi connectivity index (χ0) is 19.2. The van der Waals surface area contributed by atoms with Gasteiger partial charge in [-0.3, -0.25) is 9.59 Å². The van der Waals surface area contributed by atoms with Gasteiger partial charge < -0.3 is 15.4 Å². The van der Waals surface area contributed by atoms with Gasteiger partial charge in [0, 0.05) is 12.3 Å². The molecule has 0 aromatic heterocycles.